The van der Waals surface area contributed by atoms with E-state index < -0.39 is 24.0 Å². The lowest BCUT2D eigenvalue weighted by Crippen LogP contribution is -2.42. The molecule has 150 valence electrons. The first-order valence-corrected chi connectivity index (χ1v) is 9.16. The van der Waals surface area contributed by atoms with E-state index in [4.69, 9.17) is 9.47 Å². The van der Waals surface area contributed by atoms with Gasteiger partial charge in [0.2, 0.25) is 0 Å². The van der Waals surface area contributed by atoms with Crippen LogP contribution < -0.4 is 10.1 Å². The van der Waals surface area contributed by atoms with Gasteiger partial charge in [-0.3, -0.25) is 4.79 Å². The van der Waals surface area contributed by atoms with Crippen molar-refractivity contribution in [3.8, 4) is 16.9 Å². The van der Waals surface area contributed by atoms with E-state index in [0.29, 0.717) is 11.4 Å². The molecule has 0 radical (unpaired) electrons. The SMILES string of the molecule is COC(=O)[C@H](NC(=O)[C@H](C)Oc1ccc(-c2ccccc2)cc1)c1cncn1C. The van der Waals surface area contributed by atoms with E-state index in [1.165, 1.54) is 13.3 Å². The Morgan fingerprint density at radius 2 is 1.69 bits per heavy atom. The number of methoxy groups -OCH3 is 1. The molecule has 0 aliphatic carbocycles. The van der Waals surface area contributed by atoms with Crippen LogP contribution in [0, 0.1) is 0 Å². The minimum atomic E-state index is -0.966. The van der Waals surface area contributed by atoms with Crippen molar-refractivity contribution in [1.82, 2.24) is 14.9 Å². The maximum atomic E-state index is 12.6. The number of imidazole rings is 1. The number of carbonyl (C=O) groups excluding carboxylic acids is 2. The maximum Gasteiger partial charge on any atom is 0.334 e. The third-order valence-electron chi connectivity index (χ3n) is 4.52. The molecular weight excluding hydrogens is 370 g/mol. The lowest BCUT2D eigenvalue weighted by molar-refractivity contribution is -0.146. The van der Waals surface area contributed by atoms with Crippen LogP contribution in [0.5, 0.6) is 5.75 Å². The van der Waals surface area contributed by atoms with E-state index in [0.717, 1.165) is 11.1 Å². The third kappa shape index (κ3) is 4.82. The molecule has 0 saturated heterocycles. The molecule has 7 nitrogen and oxygen atoms in total. The van der Waals surface area contributed by atoms with Gasteiger partial charge in [0.15, 0.2) is 12.1 Å². The second-order valence-electron chi connectivity index (χ2n) is 6.54. The average Bonchev–Trinajstić information content (AvgIpc) is 3.18. The summed E-state index contributed by atoms with van der Waals surface area (Å²) in [6.07, 6.45) is 2.25. The lowest BCUT2D eigenvalue weighted by Gasteiger charge is -2.20. The van der Waals surface area contributed by atoms with Crippen molar-refractivity contribution in [3.05, 3.63) is 72.8 Å². The van der Waals surface area contributed by atoms with Crippen molar-refractivity contribution >= 4 is 11.9 Å². The first-order chi connectivity index (χ1) is 14.0. The van der Waals surface area contributed by atoms with Gasteiger partial charge in [-0.15, -0.1) is 0 Å². The van der Waals surface area contributed by atoms with Gasteiger partial charge < -0.3 is 19.4 Å². The molecule has 1 amide bonds. The number of hydrogen-bond donors (Lipinski definition) is 1. The smallest absolute Gasteiger partial charge is 0.334 e. The van der Waals surface area contributed by atoms with Crippen LogP contribution in [0.3, 0.4) is 0 Å². The van der Waals surface area contributed by atoms with Crippen LogP contribution in [0.25, 0.3) is 11.1 Å². The van der Waals surface area contributed by atoms with Crippen molar-refractivity contribution in [2.24, 2.45) is 7.05 Å². The monoisotopic (exact) mass is 393 g/mol. The largest absolute Gasteiger partial charge is 0.481 e. The fourth-order valence-corrected chi connectivity index (χ4v) is 2.89. The zero-order valence-corrected chi connectivity index (χ0v) is 16.5. The van der Waals surface area contributed by atoms with Gasteiger partial charge in [0.1, 0.15) is 5.75 Å². The Bertz CT molecular complexity index is 967. The molecule has 0 fully saturated rings. The number of carbonyl (C=O) groups is 2. The molecule has 0 aliphatic rings. The number of nitrogens with one attached hydrogen (secondary N) is 1. The summed E-state index contributed by atoms with van der Waals surface area (Å²) >= 11 is 0. The predicted octanol–water partition coefficient (Wildman–Crippen LogP) is 2.88. The highest BCUT2D eigenvalue weighted by Crippen LogP contribution is 2.23. The maximum absolute atomic E-state index is 12.6. The number of hydrogen-bond acceptors (Lipinski definition) is 5. The first kappa shape index (κ1) is 20.1. The van der Waals surface area contributed by atoms with Gasteiger partial charge in [-0.25, -0.2) is 9.78 Å². The molecule has 1 heterocycles. The fourth-order valence-electron chi connectivity index (χ4n) is 2.89. The van der Waals surface area contributed by atoms with Gasteiger partial charge in [0.05, 0.1) is 25.3 Å². The van der Waals surface area contributed by atoms with Gasteiger partial charge in [-0.2, -0.15) is 0 Å². The molecule has 1 aromatic heterocycles. The van der Waals surface area contributed by atoms with Crippen molar-refractivity contribution in [2.75, 3.05) is 7.11 Å². The normalized spacial score (nSPS) is 12.7. The summed E-state index contributed by atoms with van der Waals surface area (Å²) in [7, 11) is 3.00. The molecule has 0 saturated carbocycles. The molecular formula is C22H23N3O4. The minimum Gasteiger partial charge on any atom is -0.481 e. The van der Waals surface area contributed by atoms with E-state index in [2.05, 4.69) is 10.3 Å². The number of nitrogens with zero attached hydrogens (tertiary/aromatic N) is 2. The molecule has 2 aromatic carbocycles. The molecule has 7 heteroatoms. The quantitative estimate of drug-likeness (QED) is 0.624. The standard InChI is InChI=1S/C22H23N3O4/c1-15(21(26)24-20(22(27)28-3)19-13-23-14-25(19)2)29-18-11-9-17(10-12-18)16-7-5-4-6-8-16/h4-15,20H,1-3H3,(H,24,26)/t15-,20+/m0/s1. The van der Waals surface area contributed by atoms with Gasteiger partial charge in [-0.05, 0) is 30.2 Å². The van der Waals surface area contributed by atoms with Gasteiger partial charge in [0, 0.05) is 7.05 Å². The highest BCUT2D eigenvalue weighted by atomic mass is 16.5. The Balaban J connectivity index is 1.66. The number of aromatic nitrogens is 2. The van der Waals surface area contributed by atoms with Crippen LogP contribution in [0.15, 0.2) is 67.1 Å². The Labute approximate surface area is 169 Å². The summed E-state index contributed by atoms with van der Waals surface area (Å²) in [5.74, 6) is -0.461. The summed E-state index contributed by atoms with van der Waals surface area (Å²) in [4.78, 5) is 28.7. The Hall–Kier alpha value is -3.61. The van der Waals surface area contributed by atoms with E-state index in [1.54, 1.807) is 24.9 Å². The minimum absolute atomic E-state index is 0.436. The number of aryl methyl sites for hydroxylation is 1. The number of amides is 1. The van der Waals surface area contributed by atoms with Crippen LogP contribution in [0.2, 0.25) is 0 Å². The number of benzene rings is 2. The second-order valence-corrected chi connectivity index (χ2v) is 6.54. The average molecular weight is 393 g/mol. The van der Waals surface area contributed by atoms with Crippen LogP contribution in [-0.4, -0.2) is 34.6 Å². The molecule has 3 rings (SSSR count). The van der Waals surface area contributed by atoms with Crippen LogP contribution in [0.1, 0.15) is 18.7 Å². The Morgan fingerprint density at radius 3 is 2.28 bits per heavy atom. The van der Waals surface area contributed by atoms with E-state index in [-0.39, 0.29) is 0 Å². The molecule has 0 spiro atoms. The van der Waals surface area contributed by atoms with Gasteiger partial charge >= 0.3 is 5.97 Å². The summed E-state index contributed by atoms with van der Waals surface area (Å²) in [5, 5.41) is 2.67. The highest BCUT2D eigenvalue weighted by Gasteiger charge is 2.28. The molecule has 0 bridgehead atoms. The topological polar surface area (TPSA) is 82.4 Å². The molecule has 0 unspecified atom stereocenters. The van der Waals surface area contributed by atoms with E-state index >= 15 is 0 Å². The highest BCUT2D eigenvalue weighted by molar-refractivity contribution is 5.87. The summed E-state index contributed by atoms with van der Waals surface area (Å²) in [6, 6.07) is 16.5. The van der Waals surface area contributed by atoms with Crippen molar-refractivity contribution in [3.63, 3.8) is 0 Å². The summed E-state index contributed by atoms with van der Waals surface area (Å²) in [5.41, 5.74) is 2.67. The Kier molecular flexibility index (Phi) is 6.29. The fraction of sp³-hybridized carbons (Fsp3) is 0.227. The zero-order chi connectivity index (χ0) is 20.8. The first-order valence-electron chi connectivity index (χ1n) is 9.16. The summed E-state index contributed by atoms with van der Waals surface area (Å²) < 4.78 is 12.2. The van der Waals surface area contributed by atoms with Crippen LogP contribution in [0.4, 0.5) is 0 Å². The van der Waals surface area contributed by atoms with E-state index in [1.807, 2.05) is 54.6 Å². The third-order valence-corrected chi connectivity index (χ3v) is 4.52. The van der Waals surface area contributed by atoms with Crippen molar-refractivity contribution in [2.45, 2.75) is 19.1 Å². The number of ether oxygens (including phenoxy) is 2. The van der Waals surface area contributed by atoms with E-state index in [9.17, 15) is 9.59 Å². The summed E-state index contributed by atoms with van der Waals surface area (Å²) in [6.45, 7) is 1.62. The zero-order valence-electron chi connectivity index (χ0n) is 16.5. The van der Waals surface area contributed by atoms with Crippen LogP contribution >= 0.6 is 0 Å². The molecule has 3 aromatic rings. The van der Waals surface area contributed by atoms with Crippen molar-refractivity contribution in [1.29, 1.82) is 0 Å². The lowest BCUT2D eigenvalue weighted by atomic mass is 10.1. The predicted molar refractivity (Wildman–Crippen MR) is 108 cm³/mol. The van der Waals surface area contributed by atoms with Crippen molar-refractivity contribution < 1.29 is 19.1 Å². The van der Waals surface area contributed by atoms with Crippen LogP contribution in [-0.2, 0) is 21.4 Å². The van der Waals surface area contributed by atoms with Gasteiger partial charge in [-0.1, -0.05) is 42.5 Å². The molecule has 2 atom stereocenters. The molecule has 29 heavy (non-hydrogen) atoms. The second kappa shape index (κ2) is 9.05. The molecule has 0 aliphatic heterocycles. The van der Waals surface area contributed by atoms with Gasteiger partial charge in [0.25, 0.3) is 5.91 Å². The number of esters is 1. The Morgan fingerprint density at radius 1 is 1.03 bits per heavy atom. The molecule has 1 N–H and O–H groups in total. The number of rotatable bonds is 7.